The van der Waals surface area contributed by atoms with E-state index in [0.717, 1.165) is 24.6 Å². The molecule has 2 rings (SSSR count). The number of hydrogen-bond acceptors (Lipinski definition) is 2. The van der Waals surface area contributed by atoms with E-state index in [4.69, 9.17) is 5.73 Å². The van der Waals surface area contributed by atoms with Gasteiger partial charge in [-0.1, -0.05) is 6.07 Å². The predicted molar refractivity (Wildman–Crippen MR) is 64.6 cm³/mol. The minimum absolute atomic E-state index is 0.00690. The van der Waals surface area contributed by atoms with E-state index < -0.39 is 11.6 Å². The maximum Gasteiger partial charge on any atom is 0.246 e. The molecule has 0 aromatic heterocycles. The van der Waals surface area contributed by atoms with Crippen molar-refractivity contribution >= 4 is 12.0 Å². The van der Waals surface area contributed by atoms with Gasteiger partial charge >= 0.3 is 0 Å². The third-order valence-electron chi connectivity index (χ3n) is 2.93. The van der Waals surface area contributed by atoms with Crippen molar-refractivity contribution in [1.82, 2.24) is 4.90 Å². The van der Waals surface area contributed by atoms with Crippen molar-refractivity contribution in [3.8, 4) is 0 Å². The predicted octanol–water partition coefficient (Wildman–Crippen LogP) is 1.54. The van der Waals surface area contributed by atoms with Gasteiger partial charge in [0, 0.05) is 30.8 Å². The van der Waals surface area contributed by atoms with Crippen LogP contribution in [0.5, 0.6) is 0 Å². The lowest BCUT2D eigenvalue weighted by molar-refractivity contribution is -0.124. The Morgan fingerprint density at radius 1 is 1.39 bits per heavy atom. The molecule has 0 saturated carbocycles. The van der Waals surface area contributed by atoms with Crippen LogP contribution in [0.15, 0.2) is 24.3 Å². The number of nitrogens with two attached hydrogens (primary N) is 1. The molecule has 0 bridgehead atoms. The number of rotatable bonds is 2. The summed E-state index contributed by atoms with van der Waals surface area (Å²) >= 11 is 0. The smallest absolute Gasteiger partial charge is 0.246 e. The van der Waals surface area contributed by atoms with Gasteiger partial charge in [0.05, 0.1) is 0 Å². The van der Waals surface area contributed by atoms with E-state index in [0.29, 0.717) is 13.1 Å². The third-order valence-corrected chi connectivity index (χ3v) is 2.93. The minimum Gasteiger partial charge on any atom is -0.338 e. The molecule has 1 heterocycles. The van der Waals surface area contributed by atoms with E-state index in [1.807, 2.05) is 0 Å². The molecule has 1 aliphatic rings. The SMILES string of the molecule is N[C@@H]1CCN(C(=O)/C=C/c2c(F)cccc2F)C1. The van der Waals surface area contributed by atoms with Crippen LogP contribution in [0.2, 0.25) is 0 Å². The lowest BCUT2D eigenvalue weighted by atomic mass is 10.2. The molecule has 1 amide bonds. The topological polar surface area (TPSA) is 46.3 Å². The summed E-state index contributed by atoms with van der Waals surface area (Å²) in [6.07, 6.45) is 3.10. The molecule has 1 atom stereocenters. The van der Waals surface area contributed by atoms with Crippen molar-refractivity contribution in [2.75, 3.05) is 13.1 Å². The van der Waals surface area contributed by atoms with Crippen molar-refractivity contribution in [2.45, 2.75) is 12.5 Å². The van der Waals surface area contributed by atoms with Crippen molar-refractivity contribution in [1.29, 1.82) is 0 Å². The molecule has 1 aliphatic heterocycles. The Balaban J connectivity index is 2.09. The fraction of sp³-hybridized carbons (Fsp3) is 0.308. The van der Waals surface area contributed by atoms with Crippen molar-refractivity contribution in [2.24, 2.45) is 5.73 Å². The monoisotopic (exact) mass is 252 g/mol. The third kappa shape index (κ3) is 2.73. The molecule has 3 nitrogen and oxygen atoms in total. The van der Waals surface area contributed by atoms with Crippen molar-refractivity contribution in [3.05, 3.63) is 41.5 Å². The summed E-state index contributed by atoms with van der Waals surface area (Å²) in [4.78, 5) is 13.3. The Kier molecular flexibility index (Phi) is 3.72. The Bertz CT molecular complexity index is 468. The quantitative estimate of drug-likeness (QED) is 0.811. The number of benzene rings is 1. The molecule has 0 radical (unpaired) electrons. The first-order valence-corrected chi connectivity index (χ1v) is 5.74. The molecule has 1 aromatic rings. The normalized spacial score (nSPS) is 19.7. The second-order valence-electron chi connectivity index (χ2n) is 4.30. The van der Waals surface area contributed by atoms with E-state index in [-0.39, 0.29) is 17.5 Å². The van der Waals surface area contributed by atoms with Crippen LogP contribution in [0.1, 0.15) is 12.0 Å². The van der Waals surface area contributed by atoms with Crippen molar-refractivity contribution < 1.29 is 13.6 Å². The van der Waals surface area contributed by atoms with E-state index in [1.165, 1.54) is 12.1 Å². The summed E-state index contributed by atoms with van der Waals surface area (Å²) in [6, 6.07) is 3.58. The summed E-state index contributed by atoms with van der Waals surface area (Å²) in [5, 5.41) is 0. The summed E-state index contributed by atoms with van der Waals surface area (Å²) in [7, 11) is 0. The van der Waals surface area contributed by atoms with E-state index in [9.17, 15) is 13.6 Å². The average molecular weight is 252 g/mol. The lowest BCUT2D eigenvalue weighted by Gasteiger charge is -2.12. The molecule has 1 fully saturated rings. The van der Waals surface area contributed by atoms with Gasteiger partial charge in [-0.2, -0.15) is 0 Å². The van der Waals surface area contributed by atoms with Gasteiger partial charge in [0.2, 0.25) is 5.91 Å². The van der Waals surface area contributed by atoms with Gasteiger partial charge < -0.3 is 10.6 Å². The number of halogens is 2. The first-order chi connectivity index (χ1) is 8.58. The maximum absolute atomic E-state index is 13.3. The van der Waals surface area contributed by atoms with Gasteiger partial charge in [-0.3, -0.25) is 4.79 Å². The summed E-state index contributed by atoms with van der Waals surface area (Å²) in [6.45, 7) is 1.08. The van der Waals surface area contributed by atoms with Crippen LogP contribution >= 0.6 is 0 Å². The molecule has 0 unspecified atom stereocenters. The molecule has 96 valence electrons. The number of likely N-dealkylation sites (tertiary alicyclic amines) is 1. The fourth-order valence-corrected chi connectivity index (χ4v) is 1.92. The van der Waals surface area contributed by atoms with Crippen LogP contribution < -0.4 is 5.73 Å². The maximum atomic E-state index is 13.3. The zero-order valence-corrected chi connectivity index (χ0v) is 9.77. The molecule has 1 aromatic carbocycles. The second kappa shape index (κ2) is 5.27. The summed E-state index contributed by atoms with van der Waals surface area (Å²) in [5.74, 6) is -1.64. The van der Waals surface area contributed by atoms with E-state index >= 15 is 0 Å². The Labute approximate surface area is 104 Å². The number of amides is 1. The van der Waals surface area contributed by atoms with Gasteiger partial charge in [0.1, 0.15) is 11.6 Å². The van der Waals surface area contributed by atoms with Gasteiger partial charge in [-0.15, -0.1) is 0 Å². The molecule has 5 heteroatoms. The standard InChI is InChI=1S/C13H14F2N2O/c14-11-2-1-3-12(15)10(11)4-5-13(18)17-7-6-9(16)8-17/h1-5,9H,6-8,16H2/b5-4+/t9-/m1/s1. The second-order valence-corrected chi connectivity index (χ2v) is 4.30. The van der Waals surface area contributed by atoms with Crippen molar-refractivity contribution in [3.63, 3.8) is 0 Å². The molecular weight excluding hydrogens is 238 g/mol. The summed E-state index contributed by atoms with van der Waals surface area (Å²) < 4.78 is 26.6. The van der Waals surface area contributed by atoms with E-state index in [2.05, 4.69) is 0 Å². The summed E-state index contributed by atoms with van der Waals surface area (Å²) in [5.41, 5.74) is 5.48. The molecular formula is C13H14F2N2O. The fourth-order valence-electron chi connectivity index (χ4n) is 1.92. The molecule has 2 N–H and O–H groups in total. The van der Waals surface area contributed by atoms with Crippen LogP contribution in [0, 0.1) is 11.6 Å². The molecule has 0 spiro atoms. The average Bonchev–Trinajstić information content (AvgIpc) is 2.75. The first-order valence-electron chi connectivity index (χ1n) is 5.74. The van der Waals surface area contributed by atoms with Gasteiger partial charge in [0.25, 0.3) is 0 Å². The van der Waals surface area contributed by atoms with Crippen LogP contribution in [-0.2, 0) is 4.79 Å². The zero-order chi connectivity index (χ0) is 13.1. The Hall–Kier alpha value is -1.75. The van der Waals surface area contributed by atoms with Crippen LogP contribution in [0.4, 0.5) is 8.78 Å². The molecule has 1 saturated heterocycles. The Morgan fingerprint density at radius 3 is 2.61 bits per heavy atom. The number of hydrogen-bond donors (Lipinski definition) is 1. The van der Waals surface area contributed by atoms with Crippen LogP contribution in [-0.4, -0.2) is 29.9 Å². The highest BCUT2D eigenvalue weighted by Crippen LogP contribution is 2.14. The van der Waals surface area contributed by atoms with Crippen LogP contribution in [0.3, 0.4) is 0 Å². The first kappa shape index (κ1) is 12.7. The lowest BCUT2D eigenvalue weighted by Crippen LogP contribution is -2.30. The zero-order valence-electron chi connectivity index (χ0n) is 9.77. The van der Waals surface area contributed by atoms with Crippen LogP contribution in [0.25, 0.3) is 6.08 Å². The van der Waals surface area contributed by atoms with Gasteiger partial charge in [-0.05, 0) is 24.6 Å². The largest absolute Gasteiger partial charge is 0.338 e. The number of carbonyl (C=O) groups excluding carboxylic acids is 1. The minimum atomic E-state index is -0.683. The Morgan fingerprint density at radius 2 is 2.06 bits per heavy atom. The molecule has 18 heavy (non-hydrogen) atoms. The van der Waals surface area contributed by atoms with E-state index in [1.54, 1.807) is 4.90 Å². The highest BCUT2D eigenvalue weighted by Gasteiger charge is 2.21. The van der Waals surface area contributed by atoms with Gasteiger partial charge in [0.15, 0.2) is 0 Å². The van der Waals surface area contributed by atoms with Gasteiger partial charge in [-0.25, -0.2) is 8.78 Å². The highest BCUT2D eigenvalue weighted by molar-refractivity contribution is 5.92. The number of carbonyl (C=O) groups is 1. The number of nitrogens with zero attached hydrogens (tertiary/aromatic N) is 1. The molecule has 0 aliphatic carbocycles. The highest BCUT2D eigenvalue weighted by atomic mass is 19.1.